The van der Waals surface area contributed by atoms with Gasteiger partial charge in [-0.05, 0) is 35.0 Å². The summed E-state index contributed by atoms with van der Waals surface area (Å²) in [6, 6.07) is 3.08. The molecule has 1 aliphatic rings. The minimum absolute atomic E-state index is 0.266. The molecule has 1 heterocycles. The lowest BCUT2D eigenvalue weighted by molar-refractivity contribution is -0.145. The monoisotopic (exact) mass is 358 g/mol. The zero-order valence-electron chi connectivity index (χ0n) is 11.7. The third-order valence-corrected chi connectivity index (χ3v) is 3.48. The van der Waals surface area contributed by atoms with Crippen molar-refractivity contribution in [2.75, 3.05) is 20.3 Å². The van der Waals surface area contributed by atoms with Crippen LogP contribution in [0.15, 0.2) is 16.6 Å². The minimum Gasteiger partial charge on any atom is -0.493 e. The van der Waals surface area contributed by atoms with Crippen LogP contribution in [0.3, 0.4) is 0 Å². The number of rotatable bonds is 5. The maximum atomic E-state index is 12.1. The molecule has 0 aromatic heterocycles. The molecule has 1 saturated heterocycles. The van der Waals surface area contributed by atoms with Crippen molar-refractivity contribution in [2.24, 2.45) is 0 Å². The van der Waals surface area contributed by atoms with Crippen molar-refractivity contribution in [3.05, 3.63) is 22.2 Å². The number of carbonyl (C=O) groups is 2. The van der Waals surface area contributed by atoms with Crippen molar-refractivity contribution in [2.45, 2.75) is 19.4 Å². The molecule has 1 fully saturated rings. The predicted octanol–water partition coefficient (Wildman–Crippen LogP) is 2.33. The average molecular weight is 359 g/mol. The standard InChI is InChI=1S/C14H15BrO6/c1-3-19-12-9(15)6-8(7-11(12)18-2)13(16)21-10-4-5-20-14(10)17/h6-7,10H,3-5H2,1-2H3/t10-/m1/s1. The van der Waals surface area contributed by atoms with Gasteiger partial charge in [-0.3, -0.25) is 0 Å². The molecule has 21 heavy (non-hydrogen) atoms. The first-order valence-electron chi connectivity index (χ1n) is 6.44. The Labute approximate surface area is 130 Å². The van der Waals surface area contributed by atoms with E-state index in [0.717, 1.165) is 0 Å². The smallest absolute Gasteiger partial charge is 0.347 e. The lowest BCUT2D eigenvalue weighted by atomic mass is 10.2. The Bertz CT molecular complexity index is 557. The lowest BCUT2D eigenvalue weighted by Crippen LogP contribution is -2.22. The Morgan fingerprint density at radius 3 is 2.81 bits per heavy atom. The van der Waals surface area contributed by atoms with Gasteiger partial charge in [0, 0.05) is 6.42 Å². The number of ether oxygens (including phenoxy) is 4. The maximum absolute atomic E-state index is 12.1. The fourth-order valence-corrected chi connectivity index (χ4v) is 2.46. The largest absolute Gasteiger partial charge is 0.493 e. The molecule has 1 atom stereocenters. The van der Waals surface area contributed by atoms with Gasteiger partial charge in [-0.2, -0.15) is 0 Å². The van der Waals surface area contributed by atoms with E-state index < -0.39 is 18.0 Å². The van der Waals surface area contributed by atoms with Crippen molar-refractivity contribution < 1.29 is 28.5 Å². The zero-order chi connectivity index (χ0) is 15.4. The zero-order valence-corrected chi connectivity index (χ0v) is 13.3. The van der Waals surface area contributed by atoms with Gasteiger partial charge < -0.3 is 18.9 Å². The van der Waals surface area contributed by atoms with Crippen LogP contribution in [0.5, 0.6) is 11.5 Å². The molecule has 1 aromatic carbocycles. The number of halogens is 1. The van der Waals surface area contributed by atoms with Crippen molar-refractivity contribution in [1.29, 1.82) is 0 Å². The van der Waals surface area contributed by atoms with E-state index in [-0.39, 0.29) is 12.2 Å². The number of methoxy groups -OCH3 is 1. The first-order chi connectivity index (χ1) is 10.1. The maximum Gasteiger partial charge on any atom is 0.347 e. The molecule has 0 unspecified atom stereocenters. The van der Waals surface area contributed by atoms with Crippen LogP contribution < -0.4 is 9.47 Å². The van der Waals surface area contributed by atoms with Gasteiger partial charge in [-0.1, -0.05) is 0 Å². The second-order valence-corrected chi connectivity index (χ2v) is 5.13. The fraction of sp³-hybridized carbons (Fsp3) is 0.429. The van der Waals surface area contributed by atoms with Gasteiger partial charge in [-0.15, -0.1) is 0 Å². The second-order valence-electron chi connectivity index (χ2n) is 4.27. The van der Waals surface area contributed by atoms with Crippen LogP contribution in [0.4, 0.5) is 0 Å². The molecule has 0 amide bonds. The third kappa shape index (κ3) is 3.47. The van der Waals surface area contributed by atoms with E-state index in [2.05, 4.69) is 15.9 Å². The molecular formula is C14H15BrO6. The number of benzene rings is 1. The summed E-state index contributed by atoms with van der Waals surface area (Å²) < 4.78 is 21.1. The van der Waals surface area contributed by atoms with E-state index >= 15 is 0 Å². The normalized spacial score (nSPS) is 17.3. The van der Waals surface area contributed by atoms with Crippen LogP contribution >= 0.6 is 15.9 Å². The molecule has 0 N–H and O–H groups in total. The van der Waals surface area contributed by atoms with Crippen molar-refractivity contribution >= 4 is 27.9 Å². The van der Waals surface area contributed by atoms with Crippen LogP contribution in [0.25, 0.3) is 0 Å². The highest BCUT2D eigenvalue weighted by Crippen LogP contribution is 2.37. The SMILES string of the molecule is CCOc1c(Br)cc(C(=O)O[C@@H]2CCOC2=O)cc1OC. The average Bonchev–Trinajstić information content (AvgIpc) is 2.86. The van der Waals surface area contributed by atoms with E-state index in [4.69, 9.17) is 18.9 Å². The predicted molar refractivity (Wildman–Crippen MR) is 76.6 cm³/mol. The van der Waals surface area contributed by atoms with Crippen molar-refractivity contribution in [3.8, 4) is 11.5 Å². The highest BCUT2D eigenvalue weighted by Gasteiger charge is 2.31. The molecule has 7 heteroatoms. The minimum atomic E-state index is -0.839. The molecule has 2 rings (SSSR count). The van der Waals surface area contributed by atoms with Gasteiger partial charge in [0.25, 0.3) is 0 Å². The van der Waals surface area contributed by atoms with Crippen LogP contribution in [0, 0.1) is 0 Å². The lowest BCUT2D eigenvalue weighted by Gasteiger charge is -2.14. The molecule has 0 aliphatic carbocycles. The van der Waals surface area contributed by atoms with Gasteiger partial charge in [-0.25, -0.2) is 9.59 Å². The molecule has 6 nitrogen and oxygen atoms in total. The van der Waals surface area contributed by atoms with Crippen LogP contribution in [-0.2, 0) is 14.3 Å². The summed E-state index contributed by atoms with van der Waals surface area (Å²) in [5.74, 6) is -0.204. The molecule has 0 spiro atoms. The Kier molecular flexibility index (Phi) is 5.06. The second kappa shape index (κ2) is 6.80. The summed E-state index contributed by atoms with van der Waals surface area (Å²) in [5.41, 5.74) is 0.266. The van der Waals surface area contributed by atoms with Crippen LogP contribution in [0.1, 0.15) is 23.7 Å². The third-order valence-electron chi connectivity index (χ3n) is 2.89. The topological polar surface area (TPSA) is 71.1 Å². The fourth-order valence-electron chi connectivity index (χ4n) is 1.90. The van der Waals surface area contributed by atoms with Gasteiger partial charge in [0.05, 0.1) is 30.4 Å². The molecule has 114 valence electrons. The van der Waals surface area contributed by atoms with Crippen LogP contribution in [0.2, 0.25) is 0 Å². The summed E-state index contributed by atoms with van der Waals surface area (Å²) in [5, 5.41) is 0. The number of hydrogen-bond donors (Lipinski definition) is 0. The van der Waals surface area contributed by atoms with Crippen molar-refractivity contribution in [3.63, 3.8) is 0 Å². The Hall–Kier alpha value is -1.76. The van der Waals surface area contributed by atoms with E-state index in [9.17, 15) is 9.59 Å². The molecule has 0 bridgehead atoms. The van der Waals surface area contributed by atoms with Gasteiger partial charge >= 0.3 is 11.9 Å². The molecule has 0 radical (unpaired) electrons. The number of hydrogen-bond acceptors (Lipinski definition) is 6. The van der Waals surface area contributed by atoms with E-state index in [0.29, 0.717) is 29.0 Å². The van der Waals surface area contributed by atoms with Crippen molar-refractivity contribution in [1.82, 2.24) is 0 Å². The molecule has 1 aromatic rings. The summed E-state index contributed by atoms with van der Waals surface area (Å²) >= 11 is 3.33. The van der Waals surface area contributed by atoms with Crippen LogP contribution in [-0.4, -0.2) is 38.4 Å². The van der Waals surface area contributed by atoms with E-state index in [1.807, 2.05) is 6.92 Å². The molecule has 1 aliphatic heterocycles. The first kappa shape index (κ1) is 15.6. The Morgan fingerprint density at radius 1 is 1.48 bits per heavy atom. The Morgan fingerprint density at radius 2 is 2.24 bits per heavy atom. The number of esters is 2. The summed E-state index contributed by atoms with van der Waals surface area (Å²) in [6.45, 7) is 2.58. The van der Waals surface area contributed by atoms with Gasteiger partial charge in [0.2, 0.25) is 6.10 Å². The number of cyclic esters (lactones) is 1. The highest BCUT2D eigenvalue weighted by molar-refractivity contribution is 9.10. The first-order valence-corrected chi connectivity index (χ1v) is 7.24. The van der Waals surface area contributed by atoms with Gasteiger partial charge in [0.1, 0.15) is 0 Å². The molecule has 0 saturated carbocycles. The summed E-state index contributed by atoms with van der Waals surface area (Å²) in [6.07, 6.45) is -0.464. The van der Waals surface area contributed by atoms with E-state index in [1.165, 1.54) is 13.2 Å². The molecular weight excluding hydrogens is 344 g/mol. The summed E-state index contributed by atoms with van der Waals surface area (Å²) in [7, 11) is 1.48. The summed E-state index contributed by atoms with van der Waals surface area (Å²) in [4.78, 5) is 23.4. The Balaban J connectivity index is 2.21. The number of carbonyl (C=O) groups excluding carboxylic acids is 2. The van der Waals surface area contributed by atoms with Gasteiger partial charge in [0.15, 0.2) is 11.5 Å². The quantitative estimate of drug-likeness (QED) is 0.752. The highest BCUT2D eigenvalue weighted by atomic mass is 79.9. The van der Waals surface area contributed by atoms with E-state index in [1.54, 1.807) is 6.07 Å².